The number of amides is 1. The molecule has 0 fully saturated rings. The number of nitrogens with one attached hydrogen (secondary N) is 1. The Morgan fingerprint density at radius 3 is 2.61 bits per heavy atom. The van der Waals surface area contributed by atoms with Crippen molar-refractivity contribution >= 4 is 29.1 Å². The average Bonchev–Trinajstić information content (AvgIpc) is 3.06. The largest absolute Gasteiger partial charge is 0.435 e. The number of rotatable bonds is 4. The second-order valence-corrected chi connectivity index (χ2v) is 6.26. The van der Waals surface area contributed by atoms with Crippen molar-refractivity contribution in [2.45, 2.75) is 19.6 Å². The second kappa shape index (κ2) is 7.51. The van der Waals surface area contributed by atoms with Gasteiger partial charge in [0.1, 0.15) is 11.6 Å². The molecule has 3 N–H and O–H groups in total. The minimum absolute atomic E-state index is 0.0350. The van der Waals surface area contributed by atoms with Gasteiger partial charge in [0, 0.05) is 22.7 Å². The summed E-state index contributed by atoms with van der Waals surface area (Å²) in [6, 6.07) is 10.2. The molecule has 1 amide bonds. The molecule has 0 spiro atoms. The number of halogens is 4. The highest BCUT2D eigenvalue weighted by atomic mass is 35.5. The number of hydrogen-bond acceptors (Lipinski definition) is 4. The van der Waals surface area contributed by atoms with Gasteiger partial charge in [-0.1, -0.05) is 17.7 Å². The van der Waals surface area contributed by atoms with E-state index in [1.54, 1.807) is 25.1 Å². The van der Waals surface area contributed by atoms with Crippen LogP contribution in [0.1, 0.15) is 23.0 Å². The summed E-state index contributed by atoms with van der Waals surface area (Å²) in [6.45, 7) is 1.89. The van der Waals surface area contributed by atoms with E-state index < -0.39 is 17.8 Å². The minimum atomic E-state index is -4.57. The standard InChI is InChI=1S/C18H15ClF3N5O/c1-2-27-13(9-14(26-27)18(20,21)22)12-6-7-15(24-16(12)23)25-17(28)10-4-3-5-11(19)8-10/h3-9H,2H2,1H3,(H3,23,24,25,28). The SMILES string of the molecule is CCn1nc(C(F)(F)F)cc1-c1ccc(NC(=O)c2cccc(Cl)c2)nc1N. The molecule has 10 heteroatoms. The van der Waals surface area contributed by atoms with E-state index in [0.29, 0.717) is 10.6 Å². The molecule has 1 aromatic carbocycles. The van der Waals surface area contributed by atoms with Crippen LogP contribution in [0.25, 0.3) is 11.3 Å². The molecule has 0 aliphatic rings. The average molecular weight is 410 g/mol. The lowest BCUT2D eigenvalue weighted by atomic mass is 10.1. The van der Waals surface area contributed by atoms with Crippen LogP contribution in [0.5, 0.6) is 0 Å². The van der Waals surface area contributed by atoms with Gasteiger partial charge in [0.2, 0.25) is 0 Å². The van der Waals surface area contributed by atoms with Crippen molar-refractivity contribution in [3.63, 3.8) is 0 Å². The number of nitrogens with two attached hydrogens (primary N) is 1. The van der Waals surface area contributed by atoms with Gasteiger partial charge in [-0.25, -0.2) is 4.98 Å². The summed E-state index contributed by atoms with van der Waals surface area (Å²) in [6.07, 6.45) is -4.57. The number of benzene rings is 1. The monoisotopic (exact) mass is 409 g/mol. The zero-order chi connectivity index (χ0) is 20.5. The first-order valence-electron chi connectivity index (χ1n) is 8.18. The smallest absolute Gasteiger partial charge is 0.383 e. The van der Waals surface area contributed by atoms with Gasteiger partial charge in [-0.05, 0) is 43.3 Å². The molecule has 0 bridgehead atoms. The zero-order valence-corrected chi connectivity index (χ0v) is 15.3. The maximum Gasteiger partial charge on any atom is 0.435 e. The van der Waals surface area contributed by atoms with Crippen LogP contribution in [-0.2, 0) is 12.7 Å². The molecule has 0 aliphatic heterocycles. The van der Waals surface area contributed by atoms with Gasteiger partial charge >= 0.3 is 6.18 Å². The summed E-state index contributed by atoms with van der Waals surface area (Å²) in [5, 5.41) is 6.54. The third-order valence-electron chi connectivity index (χ3n) is 3.90. The number of alkyl halides is 3. The Morgan fingerprint density at radius 2 is 2.00 bits per heavy atom. The van der Waals surface area contributed by atoms with E-state index in [2.05, 4.69) is 15.4 Å². The maximum atomic E-state index is 13.0. The number of carbonyl (C=O) groups excluding carboxylic acids is 1. The first-order chi connectivity index (χ1) is 13.2. The third-order valence-corrected chi connectivity index (χ3v) is 4.13. The van der Waals surface area contributed by atoms with Crippen molar-refractivity contribution < 1.29 is 18.0 Å². The predicted molar refractivity (Wildman–Crippen MR) is 100.0 cm³/mol. The Kier molecular flexibility index (Phi) is 5.28. The van der Waals surface area contributed by atoms with Crippen molar-refractivity contribution in [2.75, 3.05) is 11.1 Å². The molecule has 28 heavy (non-hydrogen) atoms. The Bertz CT molecular complexity index is 1030. The summed E-state index contributed by atoms with van der Waals surface area (Å²) < 4.78 is 40.0. The number of aryl methyl sites for hydroxylation is 1. The number of anilines is 2. The lowest BCUT2D eigenvalue weighted by molar-refractivity contribution is -0.141. The normalized spacial score (nSPS) is 11.5. The van der Waals surface area contributed by atoms with Crippen LogP contribution in [0.15, 0.2) is 42.5 Å². The zero-order valence-electron chi connectivity index (χ0n) is 14.6. The Hall–Kier alpha value is -3.07. The van der Waals surface area contributed by atoms with Crippen LogP contribution in [0, 0.1) is 0 Å². The molecule has 2 heterocycles. The van der Waals surface area contributed by atoms with E-state index in [-0.39, 0.29) is 29.4 Å². The number of carbonyl (C=O) groups is 1. The van der Waals surface area contributed by atoms with Gasteiger partial charge in [-0.2, -0.15) is 18.3 Å². The third kappa shape index (κ3) is 4.09. The molecule has 3 rings (SSSR count). The summed E-state index contributed by atoms with van der Waals surface area (Å²) in [5.41, 5.74) is 5.72. The van der Waals surface area contributed by atoms with Crippen LogP contribution in [0.3, 0.4) is 0 Å². The van der Waals surface area contributed by atoms with Gasteiger partial charge in [-0.15, -0.1) is 0 Å². The molecule has 0 aliphatic carbocycles. The number of nitrogen functional groups attached to an aromatic ring is 1. The van der Waals surface area contributed by atoms with Crippen LogP contribution in [0.4, 0.5) is 24.8 Å². The fourth-order valence-corrected chi connectivity index (χ4v) is 2.78. The fourth-order valence-electron chi connectivity index (χ4n) is 2.59. The first-order valence-corrected chi connectivity index (χ1v) is 8.55. The minimum Gasteiger partial charge on any atom is -0.383 e. The van der Waals surface area contributed by atoms with Crippen molar-refractivity contribution in [2.24, 2.45) is 0 Å². The van der Waals surface area contributed by atoms with Gasteiger partial charge in [0.25, 0.3) is 5.91 Å². The first kappa shape index (κ1) is 19.7. The van der Waals surface area contributed by atoms with Crippen LogP contribution < -0.4 is 11.1 Å². The van der Waals surface area contributed by atoms with Crippen molar-refractivity contribution in [1.29, 1.82) is 0 Å². The van der Waals surface area contributed by atoms with Gasteiger partial charge in [-0.3, -0.25) is 9.48 Å². The van der Waals surface area contributed by atoms with Gasteiger partial charge in [0.15, 0.2) is 5.69 Å². The highest BCUT2D eigenvalue weighted by Gasteiger charge is 2.35. The molecular formula is C18H15ClF3N5O. The Morgan fingerprint density at radius 1 is 1.25 bits per heavy atom. The van der Waals surface area contributed by atoms with E-state index >= 15 is 0 Å². The van der Waals surface area contributed by atoms with E-state index in [4.69, 9.17) is 17.3 Å². The fraction of sp³-hybridized carbons (Fsp3) is 0.167. The van der Waals surface area contributed by atoms with Crippen molar-refractivity contribution in [3.05, 3.63) is 58.7 Å². The number of aromatic nitrogens is 3. The molecule has 0 saturated carbocycles. The topological polar surface area (TPSA) is 85.8 Å². The van der Waals surface area contributed by atoms with Gasteiger partial charge < -0.3 is 11.1 Å². The summed E-state index contributed by atoms with van der Waals surface area (Å²) in [4.78, 5) is 16.3. The molecule has 0 radical (unpaired) electrons. The highest BCUT2D eigenvalue weighted by molar-refractivity contribution is 6.31. The Balaban J connectivity index is 1.89. The van der Waals surface area contributed by atoms with Crippen LogP contribution in [0.2, 0.25) is 5.02 Å². The maximum absolute atomic E-state index is 13.0. The predicted octanol–water partition coefficient (Wildman–Crippen LogP) is 4.47. The number of pyridine rings is 1. The molecule has 0 unspecified atom stereocenters. The molecule has 0 atom stereocenters. The molecule has 0 saturated heterocycles. The molecular weight excluding hydrogens is 395 g/mol. The molecule has 146 valence electrons. The quantitative estimate of drug-likeness (QED) is 0.665. The molecule has 3 aromatic rings. The summed E-state index contributed by atoms with van der Waals surface area (Å²) in [7, 11) is 0. The van der Waals surface area contributed by atoms with Crippen molar-refractivity contribution in [3.8, 4) is 11.3 Å². The van der Waals surface area contributed by atoms with E-state index in [9.17, 15) is 18.0 Å². The lowest BCUT2D eigenvalue weighted by Gasteiger charge is -2.10. The number of nitrogens with zero attached hydrogens (tertiary/aromatic N) is 3. The van der Waals surface area contributed by atoms with Crippen LogP contribution in [-0.4, -0.2) is 20.7 Å². The summed E-state index contributed by atoms with van der Waals surface area (Å²) >= 11 is 5.86. The summed E-state index contributed by atoms with van der Waals surface area (Å²) in [5.74, 6) is -0.322. The van der Waals surface area contributed by atoms with Crippen molar-refractivity contribution in [1.82, 2.24) is 14.8 Å². The van der Waals surface area contributed by atoms with E-state index in [0.717, 1.165) is 6.07 Å². The van der Waals surface area contributed by atoms with Gasteiger partial charge in [0.05, 0.1) is 5.69 Å². The lowest BCUT2D eigenvalue weighted by Crippen LogP contribution is -2.13. The Labute approximate surface area is 163 Å². The molecule has 6 nitrogen and oxygen atoms in total. The molecule has 2 aromatic heterocycles. The number of hydrogen-bond donors (Lipinski definition) is 2. The highest BCUT2D eigenvalue weighted by Crippen LogP contribution is 2.33. The van der Waals surface area contributed by atoms with E-state index in [1.165, 1.54) is 22.9 Å². The second-order valence-electron chi connectivity index (χ2n) is 5.82. The van der Waals surface area contributed by atoms with E-state index in [1.807, 2.05) is 0 Å². The van der Waals surface area contributed by atoms with Crippen LogP contribution >= 0.6 is 11.6 Å².